The van der Waals surface area contributed by atoms with E-state index in [-0.39, 0.29) is 0 Å². The Morgan fingerprint density at radius 1 is 0.380 bits per heavy atom. The Kier molecular flexibility index (Phi) is 6.39. The maximum absolute atomic E-state index is 5.07. The highest BCUT2D eigenvalue weighted by Crippen LogP contribution is 2.41. The van der Waals surface area contributed by atoms with E-state index in [2.05, 4.69) is 128 Å². The summed E-state index contributed by atoms with van der Waals surface area (Å²) in [6.07, 6.45) is 5.49. The maximum atomic E-state index is 5.07. The Bertz CT molecular complexity index is 2800. The molecule has 0 saturated carbocycles. The van der Waals surface area contributed by atoms with Gasteiger partial charge in [-0.2, -0.15) is 0 Å². The molecular formula is C44H28N6. The van der Waals surface area contributed by atoms with Crippen molar-refractivity contribution in [1.82, 2.24) is 29.1 Å². The lowest BCUT2D eigenvalue weighted by Gasteiger charge is -2.15. The number of rotatable bonds is 5. The van der Waals surface area contributed by atoms with E-state index in [0.29, 0.717) is 0 Å². The molecule has 234 valence electrons. The monoisotopic (exact) mass is 640 g/mol. The van der Waals surface area contributed by atoms with Crippen LogP contribution in [-0.2, 0) is 0 Å². The first-order valence-electron chi connectivity index (χ1n) is 16.6. The second-order valence-corrected chi connectivity index (χ2v) is 12.4. The van der Waals surface area contributed by atoms with E-state index in [1.807, 2.05) is 61.1 Å². The number of nitrogens with zero attached hydrogens (tertiary/aromatic N) is 6. The van der Waals surface area contributed by atoms with Crippen LogP contribution < -0.4 is 0 Å². The largest absolute Gasteiger partial charge is 0.308 e. The molecule has 0 fully saturated rings. The fourth-order valence-electron chi connectivity index (χ4n) is 7.31. The normalized spacial score (nSPS) is 11.6. The second kappa shape index (κ2) is 11.4. The lowest BCUT2D eigenvalue weighted by atomic mass is 10.0. The third kappa shape index (κ3) is 4.43. The molecule has 10 rings (SSSR count). The molecule has 6 aromatic heterocycles. The number of hydrogen-bond donors (Lipinski definition) is 0. The van der Waals surface area contributed by atoms with Gasteiger partial charge >= 0.3 is 0 Å². The zero-order valence-electron chi connectivity index (χ0n) is 26.8. The van der Waals surface area contributed by atoms with Crippen LogP contribution >= 0.6 is 0 Å². The van der Waals surface area contributed by atoms with Gasteiger partial charge in [-0.05, 0) is 84.4 Å². The van der Waals surface area contributed by atoms with Crippen molar-refractivity contribution < 1.29 is 0 Å². The lowest BCUT2D eigenvalue weighted by molar-refractivity contribution is 1.14. The molecular weight excluding hydrogens is 613 g/mol. The average molecular weight is 641 g/mol. The van der Waals surface area contributed by atoms with Crippen LogP contribution in [0, 0.1) is 0 Å². The number of benzene rings is 4. The van der Waals surface area contributed by atoms with E-state index in [9.17, 15) is 0 Å². The third-order valence-corrected chi connectivity index (χ3v) is 9.46. The van der Waals surface area contributed by atoms with Crippen molar-refractivity contribution in [3.8, 4) is 45.3 Å². The molecule has 4 aromatic carbocycles. The Hall–Kier alpha value is -6.92. The molecule has 10 aromatic rings. The molecule has 0 unspecified atom stereocenters. The van der Waals surface area contributed by atoms with Crippen molar-refractivity contribution in [3.05, 3.63) is 170 Å². The van der Waals surface area contributed by atoms with Crippen LogP contribution in [0.1, 0.15) is 0 Å². The van der Waals surface area contributed by atoms with E-state index < -0.39 is 0 Å². The predicted molar refractivity (Wildman–Crippen MR) is 203 cm³/mol. The molecule has 6 nitrogen and oxygen atoms in total. The molecule has 0 spiro atoms. The summed E-state index contributed by atoms with van der Waals surface area (Å²) in [4.78, 5) is 19.2. The Morgan fingerprint density at radius 3 is 1.82 bits per heavy atom. The molecule has 0 N–H and O–H groups in total. The number of aromatic nitrogens is 6. The van der Waals surface area contributed by atoms with Crippen molar-refractivity contribution in [1.29, 1.82) is 0 Å². The van der Waals surface area contributed by atoms with Gasteiger partial charge in [0.15, 0.2) is 0 Å². The van der Waals surface area contributed by atoms with Crippen molar-refractivity contribution in [3.63, 3.8) is 0 Å². The van der Waals surface area contributed by atoms with Gasteiger partial charge in [0.25, 0.3) is 0 Å². The van der Waals surface area contributed by atoms with Gasteiger partial charge in [-0.1, -0.05) is 72.8 Å². The van der Waals surface area contributed by atoms with Crippen LogP contribution in [0.2, 0.25) is 0 Å². The summed E-state index contributed by atoms with van der Waals surface area (Å²) in [5.41, 5.74) is 13.0. The summed E-state index contributed by atoms with van der Waals surface area (Å²) < 4.78 is 4.69. The minimum atomic E-state index is 0.786. The molecule has 6 heterocycles. The van der Waals surface area contributed by atoms with Crippen molar-refractivity contribution >= 4 is 43.7 Å². The van der Waals surface area contributed by atoms with Crippen LogP contribution in [0.15, 0.2) is 170 Å². The van der Waals surface area contributed by atoms with E-state index in [1.165, 1.54) is 10.8 Å². The molecule has 0 atom stereocenters. The number of pyridine rings is 4. The summed E-state index contributed by atoms with van der Waals surface area (Å²) in [7, 11) is 0. The quantitative estimate of drug-likeness (QED) is 0.188. The van der Waals surface area contributed by atoms with Crippen molar-refractivity contribution in [2.75, 3.05) is 0 Å². The minimum Gasteiger partial charge on any atom is -0.308 e. The molecule has 0 saturated heterocycles. The topological polar surface area (TPSA) is 61.4 Å². The van der Waals surface area contributed by atoms with Crippen molar-refractivity contribution in [2.24, 2.45) is 0 Å². The molecule has 0 bridgehead atoms. The first kappa shape index (κ1) is 28.1. The molecule has 6 heteroatoms. The van der Waals surface area contributed by atoms with E-state index >= 15 is 0 Å². The SMILES string of the molecule is c1ccc(-n2c3cc(-c4cccc5c6ccccc6n(-c6cc(-c7ccccn7)nc(-c7ccccn7)c6)c45)ccc3c3ncccc32)cc1. The highest BCUT2D eigenvalue weighted by Gasteiger charge is 2.20. The molecule has 0 radical (unpaired) electrons. The first-order chi connectivity index (χ1) is 24.8. The highest BCUT2D eigenvalue weighted by molar-refractivity contribution is 6.15. The Labute approximate surface area is 287 Å². The van der Waals surface area contributed by atoms with Crippen LogP contribution in [-0.4, -0.2) is 29.1 Å². The fourth-order valence-corrected chi connectivity index (χ4v) is 7.31. The van der Waals surface area contributed by atoms with E-state index in [0.717, 1.165) is 78.2 Å². The van der Waals surface area contributed by atoms with Crippen LogP contribution in [0.25, 0.3) is 89.0 Å². The zero-order valence-corrected chi connectivity index (χ0v) is 26.8. The Morgan fingerprint density at radius 2 is 1.06 bits per heavy atom. The summed E-state index contributed by atoms with van der Waals surface area (Å²) in [5, 5.41) is 3.48. The van der Waals surface area contributed by atoms with Gasteiger partial charge in [-0.15, -0.1) is 0 Å². The van der Waals surface area contributed by atoms with Crippen LogP contribution in [0.5, 0.6) is 0 Å². The van der Waals surface area contributed by atoms with Gasteiger partial charge in [0.2, 0.25) is 0 Å². The van der Waals surface area contributed by atoms with Gasteiger partial charge in [0, 0.05) is 46.0 Å². The smallest absolute Gasteiger partial charge is 0.0963 e. The van der Waals surface area contributed by atoms with Gasteiger partial charge in [0.1, 0.15) is 0 Å². The van der Waals surface area contributed by atoms with Crippen LogP contribution in [0.4, 0.5) is 0 Å². The van der Waals surface area contributed by atoms with E-state index in [4.69, 9.17) is 9.97 Å². The fraction of sp³-hybridized carbons (Fsp3) is 0. The summed E-state index contributed by atoms with van der Waals surface area (Å²) in [5.74, 6) is 0. The first-order valence-corrected chi connectivity index (χ1v) is 16.6. The molecule has 0 aliphatic rings. The van der Waals surface area contributed by atoms with Gasteiger partial charge in [-0.3, -0.25) is 15.0 Å². The van der Waals surface area contributed by atoms with Gasteiger partial charge in [-0.25, -0.2) is 4.98 Å². The zero-order chi connectivity index (χ0) is 33.0. The van der Waals surface area contributed by atoms with Crippen molar-refractivity contribution in [2.45, 2.75) is 0 Å². The molecule has 0 aliphatic heterocycles. The average Bonchev–Trinajstić information content (AvgIpc) is 3.71. The molecule has 0 amide bonds. The van der Waals surface area contributed by atoms with Gasteiger partial charge < -0.3 is 9.13 Å². The third-order valence-electron chi connectivity index (χ3n) is 9.46. The Balaban J connectivity index is 1.28. The standard InChI is InChI=1S/C44H28N6/c1-2-12-30(13-3-1)49-41-20-11-25-47-43(41)35-22-21-29(26-42(35)49)32-15-10-16-34-33-14-4-5-19-40(33)50(44(32)34)31-27-38(36-17-6-8-23-45-36)48-39(28-31)37-18-7-9-24-46-37/h1-28H. The summed E-state index contributed by atoms with van der Waals surface area (Å²) in [6, 6.07) is 52.8. The predicted octanol–water partition coefficient (Wildman–Crippen LogP) is 10.5. The minimum absolute atomic E-state index is 0.786. The van der Waals surface area contributed by atoms with Gasteiger partial charge in [0.05, 0.1) is 56.0 Å². The number of para-hydroxylation sites is 3. The highest BCUT2D eigenvalue weighted by atomic mass is 15.0. The van der Waals surface area contributed by atoms with Crippen LogP contribution in [0.3, 0.4) is 0 Å². The molecule has 0 aliphatic carbocycles. The molecule has 50 heavy (non-hydrogen) atoms. The maximum Gasteiger partial charge on any atom is 0.0963 e. The summed E-state index contributed by atoms with van der Waals surface area (Å²) >= 11 is 0. The lowest BCUT2D eigenvalue weighted by Crippen LogP contribution is -2.00. The number of hydrogen-bond acceptors (Lipinski definition) is 4. The second-order valence-electron chi connectivity index (χ2n) is 12.4. The number of fused-ring (bicyclic) bond motifs is 6. The van der Waals surface area contributed by atoms with E-state index in [1.54, 1.807) is 0 Å². The summed E-state index contributed by atoms with van der Waals surface area (Å²) in [6.45, 7) is 0.